The molecule has 1 atom stereocenters. The van der Waals surface area contributed by atoms with Gasteiger partial charge in [0.2, 0.25) is 5.13 Å². The largest absolute Gasteiger partial charge is 0.388 e. The van der Waals surface area contributed by atoms with Crippen LogP contribution in [0.4, 0.5) is 5.13 Å². The minimum Gasteiger partial charge on any atom is -0.388 e. The average molecular weight is 213 g/mol. The monoisotopic (exact) mass is 213 g/mol. The molecule has 1 unspecified atom stereocenters. The maximum atomic E-state index is 10.0. The molecule has 1 aliphatic carbocycles. The smallest absolute Gasteiger partial charge is 0.202 e. The van der Waals surface area contributed by atoms with Gasteiger partial charge in [0.15, 0.2) is 0 Å². The van der Waals surface area contributed by atoms with E-state index in [9.17, 15) is 5.11 Å². The molecule has 0 radical (unpaired) electrons. The Hall–Kier alpha value is -0.680. The Morgan fingerprint density at radius 3 is 2.86 bits per heavy atom. The number of nitrogens with zero attached hydrogens (tertiary/aromatic N) is 2. The molecule has 4 nitrogen and oxygen atoms in total. The van der Waals surface area contributed by atoms with Crippen LogP contribution in [0, 0.1) is 12.8 Å². The molecule has 1 saturated carbocycles. The normalized spacial score (nSPS) is 20.5. The van der Waals surface area contributed by atoms with Gasteiger partial charge < -0.3 is 10.4 Å². The molecule has 1 fully saturated rings. The summed E-state index contributed by atoms with van der Waals surface area (Å²) in [4.78, 5) is 4.18. The summed E-state index contributed by atoms with van der Waals surface area (Å²) in [7, 11) is 0. The molecule has 14 heavy (non-hydrogen) atoms. The standard InChI is InChI=1S/C9H15N3OS/c1-6-11-8(14-12-6)10-5-9(2,13)7-3-4-7/h7,13H,3-5H2,1-2H3,(H,10,11,12). The fourth-order valence-electron chi connectivity index (χ4n) is 1.47. The Morgan fingerprint density at radius 1 is 1.64 bits per heavy atom. The summed E-state index contributed by atoms with van der Waals surface area (Å²) in [6.07, 6.45) is 2.29. The number of nitrogens with one attached hydrogen (secondary N) is 1. The third-order valence-corrected chi connectivity index (χ3v) is 3.35. The van der Waals surface area contributed by atoms with E-state index in [0.29, 0.717) is 12.5 Å². The predicted molar refractivity (Wildman–Crippen MR) is 56.5 cm³/mol. The molecule has 2 N–H and O–H groups in total. The Morgan fingerprint density at radius 2 is 2.36 bits per heavy atom. The van der Waals surface area contributed by atoms with Crippen LogP contribution in [0.3, 0.4) is 0 Å². The van der Waals surface area contributed by atoms with Crippen LogP contribution in [0.25, 0.3) is 0 Å². The zero-order chi connectivity index (χ0) is 10.2. The van der Waals surface area contributed by atoms with Crippen molar-refractivity contribution in [3.05, 3.63) is 5.82 Å². The van der Waals surface area contributed by atoms with Gasteiger partial charge >= 0.3 is 0 Å². The molecule has 1 aromatic rings. The highest BCUT2D eigenvalue weighted by Crippen LogP contribution is 2.39. The molecule has 1 heterocycles. The Balaban J connectivity index is 1.87. The lowest BCUT2D eigenvalue weighted by atomic mass is 10.0. The summed E-state index contributed by atoms with van der Waals surface area (Å²) in [5.41, 5.74) is -0.598. The Kier molecular flexibility index (Phi) is 2.45. The van der Waals surface area contributed by atoms with Gasteiger partial charge in [-0.15, -0.1) is 0 Å². The van der Waals surface area contributed by atoms with Crippen LogP contribution in [0.5, 0.6) is 0 Å². The van der Waals surface area contributed by atoms with Crippen molar-refractivity contribution in [3.63, 3.8) is 0 Å². The molecular formula is C9H15N3OS. The molecule has 1 aromatic heterocycles. The minimum absolute atomic E-state index is 0.462. The molecule has 0 spiro atoms. The predicted octanol–water partition coefficient (Wildman–Crippen LogP) is 1.42. The van der Waals surface area contributed by atoms with E-state index in [0.717, 1.165) is 23.8 Å². The summed E-state index contributed by atoms with van der Waals surface area (Å²) >= 11 is 1.34. The fraction of sp³-hybridized carbons (Fsp3) is 0.778. The zero-order valence-corrected chi connectivity index (χ0v) is 9.27. The molecule has 1 aliphatic rings. The summed E-state index contributed by atoms with van der Waals surface area (Å²) in [5.74, 6) is 1.24. The van der Waals surface area contributed by atoms with Crippen LogP contribution in [0.15, 0.2) is 0 Å². The van der Waals surface area contributed by atoms with E-state index in [1.165, 1.54) is 11.5 Å². The molecule has 78 valence electrons. The highest BCUT2D eigenvalue weighted by Gasteiger charge is 2.39. The SMILES string of the molecule is Cc1nsc(NCC(C)(O)C2CC2)n1. The Labute approximate surface area is 87.5 Å². The van der Waals surface area contributed by atoms with Crippen molar-refractivity contribution in [2.75, 3.05) is 11.9 Å². The number of anilines is 1. The highest BCUT2D eigenvalue weighted by molar-refractivity contribution is 7.09. The number of aliphatic hydroxyl groups is 1. The third kappa shape index (κ3) is 2.22. The van der Waals surface area contributed by atoms with E-state index in [1.54, 1.807) is 0 Å². The fourth-order valence-corrected chi connectivity index (χ4v) is 2.04. The maximum Gasteiger partial charge on any atom is 0.202 e. The van der Waals surface area contributed by atoms with Gasteiger partial charge in [0, 0.05) is 18.1 Å². The zero-order valence-electron chi connectivity index (χ0n) is 8.45. The second-order valence-electron chi connectivity index (χ2n) is 4.13. The van der Waals surface area contributed by atoms with Gasteiger partial charge in [-0.2, -0.15) is 4.37 Å². The molecule has 0 aliphatic heterocycles. The number of hydrogen-bond donors (Lipinski definition) is 2. The lowest BCUT2D eigenvalue weighted by Crippen LogP contribution is -2.35. The first-order valence-corrected chi connectivity index (χ1v) is 5.62. The van der Waals surface area contributed by atoms with Crippen LogP contribution in [0.2, 0.25) is 0 Å². The Bertz CT molecular complexity index is 320. The van der Waals surface area contributed by atoms with Gasteiger partial charge in [-0.25, -0.2) is 4.98 Å². The van der Waals surface area contributed by atoms with Crippen LogP contribution >= 0.6 is 11.5 Å². The quantitative estimate of drug-likeness (QED) is 0.794. The first-order chi connectivity index (χ1) is 6.58. The first-order valence-electron chi connectivity index (χ1n) is 4.84. The first kappa shape index (κ1) is 9.86. The molecule has 0 bridgehead atoms. The van der Waals surface area contributed by atoms with Gasteiger partial charge in [-0.3, -0.25) is 0 Å². The lowest BCUT2D eigenvalue weighted by Gasteiger charge is -2.22. The van der Waals surface area contributed by atoms with Gasteiger partial charge in [0.25, 0.3) is 0 Å². The molecule has 2 rings (SSSR count). The summed E-state index contributed by atoms with van der Waals surface area (Å²) < 4.78 is 4.06. The lowest BCUT2D eigenvalue weighted by molar-refractivity contribution is 0.0503. The van der Waals surface area contributed by atoms with Gasteiger partial charge in [0.1, 0.15) is 5.82 Å². The number of hydrogen-bond acceptors (Lipinski definition) is 5. The summed E-state index contributed by atoms with van der Waals surface area (Å²) in [5, 5.41) is 13.9. The highest BCUT2D eigenvalue weighted by atomic mass is 32.1. The van der Waals surface area contributed by atoms with Gasteiger partial charge in [0.05, 0.1) is 5.60 Å². The van der Waals surface area contributed by atoms with Crippen molar-refractivity contribution in [2.45, 2.75) is 32.3 Å². The van der Waals surface area contributed by atoms with E-state index < -0.39 is 5.60 Å². The average Bonchev–Trinajstić information content (AvgIpc) is 2.89. The van der Waals surface area contributed by atoms with Crippen molar-refractivity contribution in [3.8, 4) is 0 Å². The second-order valence-corrected chi connectivity index (χ2v) is 4.88. The van der Waals surface area contributed by atoms with Crippen molar-refractivity contribution in [1.82, 2.24) is 9.36 Å². The van der Waals surface area contributed by atoms with E-state index in [4.69, 9.17) is 0 Å². The number of aryl methyl sites for hydroxylation is 1. The molecule has 0 saturated heterocycles. The molecule has 5 heteroatoms. The van der Waals surface area contributed by atoms with E-state index >= 15 is 0 Å². The second kappa shape index (κ2) is 3.47. The number of aromatic nitrogens is 2. The van der Waals surface area contributed by atoms with E-state index in [2.05, 4.69) is 14.7 Å². The maximum absolute atomic E-state index is 10.0. The minimum atomic E-state index is -0.598. The topological polar surface area (TPSA) is 58.0 Å². The van der Waals surface area contributed by atoms with Crippen molar-refractivity contribution < 1.29 is 5.11 Å². The number of rotatable bonds is 4. The van der Waals surface area contributed by atoms with E-state index in [-0.39, 0.29) is 0 Å². The third-order valence-electron chi connectivity index (χ3n) is 2.58. The van der Waals surface area contributed by atoms with Crippen molar-refractivity contribution in [1.29, 1.82) is 0 Å². The van der Waals surface area contributed by atoms with Crippen LogP contribution < -0.4 is 5.32 Å². The van der Waals surface area contributed by atoms with Gasteiger partial charge in [-0.1, -0.05) is 0 Å². The molecule has 0 amide bonds. The molecule has 0 aromatic carbocycles. The summed E-state index contributed by atoms with van der Waals surface area (Å²) in [6, 6.07) is 0. The van der Waals surface area contributed by atoms with Crippen LogP contribution in [0.1, 0.15) is 25.6 Å². The van der Waals surface area contributed by atoms with E-state index in [1.807, 2.05) is 13.8 Å². The van der Waals surface area contributed by atoms with Crippen LogP contribution in [-0.4, -0.2) is 26.6 Å². The van der Waals surface area contributed by atoms with Crippen molar-refractivity contribution >= 4 is 16.7 Å². The summed E-state index contributed by atoms with van der Waals surface area (Å²) in [6.45, 7) is 4.30. The van der Waals surface area contributed by atoms with Crippen molar-refractivity contribution in [2.24, 2.45) is 5.92 Å². The van der Waals surface area contributed by atoms with Crippen LogP contribution in [-0.2, 0) is 0 Å². The molecular weight excluding hydrogens is 198 g/mol. The van der Waals surface area contributed by atoms with Gasteiger partial charge in [-0.05, 0) is 32.6 Å².